The zero-order valence-electron chi connectivity index (χ0n) is 18.5. The number of furan rings is 1. The summed E-state index contributed by atoms with van der Waals surface area (Å²) in [6.07, 6.45) is 0.736. The SMILES string of the molecule is Cc1cccc(C(C)C)c1NC(=O)[C@H](C)OC(=O)Cc1coc2c(C)c(C)ccc12. The van der Waals surface area contributed by atoms with E-state index in [1.807, 2.05) is 51.1 Å². The van der Waals surface area contributed by atoms with Crippen molar-refractivity contribution < 1.29 is 18.7 Å². The van der Waals surface area contributed by atoms with Crippen molar-refractivity contribution in [3.05, 3.63) is 64.4 Å². The molecule has 0 aliphatic rings. The molecule has 1 N–H and O–H groups in total. The topological polar surface area (TPSA) is 68.5 Å². The Morgan fingerprint density at radius 2 is 1.77 bits per heavy atom. The minimum absolute atomic E-state index is 0.0503. The fourth-order valence-electron chi connectivity index (χ4n) is 3.54. The molecule has 0 bridgehead atoms. The summed E-state index contributed by atoms with van der Waals surface area (Å²) >= 11 is 0. The molecule has 2 aromatic carbocycles. The molecule has 3 rings (SSSR count). The van der Waals surface area contributed by atoms with E-state index < -0.39 is 12.1 Å². The Kier molecular flexibility index (Phi) is 6.30. The largest absolute Gasteiger partial charge is 0.464 e. The maximum atomic E-state index is 12.7. The summed E-state index contributed by atoms with van der Waals surface area (Å²) in [6.45, 7) is 11.7. The van der Waals surface area contributed by atoms with Gasteiger partial charge in [-0.25, -0.2) is 0 Å². The number of aryl methyl sites for hydroxylation is 3. The molecule has 1 atom stereocenters. The highest BCUT2D eigenvalue weighted by Gasteiger charge is 2.22. The first-order valence-corrected chi connectivity index (χ1v) is 10.2. The highest BCUT2D eigenvalue weighted by molar-refractivity contribution is 5.97. The normalized spacial score (nSPS) is 12.2. The maximum Gasteiger partial charge on any atom is 0.311 e. The third-order valence-electron chi connectivity index (χ3n) is 5.53. The molecular formula is C25H29NO4. The molecular weight excluding hydrogens is 378 g/mol. The van der Waals surface area contributed by atoms with Gasteiger partial charge in [-0.15, -0.1) is 0 Å². The number of rotatable bonds is 6. The van der Waals surface area contributed by atoms with E-state index >= 15 is 0 Å². The molecule has 5 nitrogen and oxygen atoms in total. The Morgan fingerprint density at radius 3 is 2.47 bits per heavy atom. The lowest BCUT2D eigenvalue weighted by molar-refractivity contribution is -0.152. The monoisotopic (exact) mass is 407 g/mol. The Morgan fingerprint density at radius 1 is 1.03 bits per heavy atom. The van der Waals surface area contributed by atoms with Crippen LogP contribution in [0.5, 0.6) is 0 Å². The van der Waals surface area contributed by atoms with Gasteiger partial charge in [-0.1, -0.05) is 44.2 Å². The maximum absolute atomic E-state index is 12.7. The molecule has 0 radical (unpaired) electrons. The lowest BCUT2D eigenvalue weighted by Gasteiger charge is -2.19. The zero-order valence-corrected chi connectivity index (χ0v) is 18.5. The number of carbonyl (C=O) groups excluding carboxylic acids is 2. The van der Waals surface area contributed by atoms with Crippen molar-refractivity contribution in [1.82, 2.24) is 0 Å². The van der Waals surface area contributed by atoms with E-state index in [2.05, 4.69) is 19.2 Å². The van der Waals surface area contributed by atoms with E-state index in [9.17, 15) is 9.59 Å². The van der Waals surface area contributed by atoms with Gasteiger partial charge in [0, 0.05) is 16.6 Å². The molecule has 1 amide bonds. The third kappa shape index (κ3) is 4.40. The van der Waals surface area contributed by atoms with Crippen LogP contribution in [0.2, 0.25) is 0 Å². The number of ether oxygens (including phenoxy) is 1. The number of fused-ring (bicyclic) bond motifs is 1. The number of carbonyl (C=O) groups is 2. The molecule has 0 unspecified atom stereocenters. The average Bonchev–Trinajstić information content (AvgIpc) is 3.09. The van der Waals surface area contributed by atoms with E-state index in [1.165, 1.54) is 0 Å². The summed E-state index contributed by atoms with van der Waals surface area (Å²) < 4.78 is 11.1. The summed E-state index contributed by atoms with van der Waals surface area (Å²) in [7, 11) is 0. The number of benzene rings is 2. The fraction of sp³-hybridized carbons (Fsp3) is 0.360. The van der Waals surface area contributed by atoms with Crippen molar-refractivity contribution in [2.75, 3.05) is 5.32 Å². The van der Waals surface area contributed by atoms with Crippen molar-refractivity contribution >= 4 is 28.5 Å². The number of anilines is 1. The van der Waals surface area contributed by atoms with Crippen LogP contribution in [0.4, 0.5) is 5.69 Å². The van der Waals surface area contributed by atoms with E-state index in [-0.39, 0.29) is 18.2 Å². The van der Waals surface area contributed by atoms with Gasteiger partial charge in [0.15, 0.2) is 6.10 Å². The van der Waals surface area contributed by atoms with E-state index in [4.69, 9.17) is 9.15 Å². The minimum atomic E-state index is -0.903. The molecule has 5 heteroatoms. The molecule has 0 fully saturated rings. The molecule has 0 aliphatic carbocycles. The molecule has 0 saturated carbocycles. The van der Waals surface area contributed by atoms with Crippen LogP contribution in [0.15, 0.2) is 41.0 Å². The first-order chi connectivity index (χ1) is 14.2. The smallest absolute Gasteiger partial charge is 0.311 e. The van der Waals surface area contributed by atoms with Crippen molar-refractivity contribution in [2.45, 2.75) is 60.0 Å². The van der Waals surface area contributed by atoms with Gasteiger partial charge in [0.25, 0.3) is 5.91 Å². The van der Waals surface area contributed by atoms with Gasteiger partial charge in [0.2, 0.25) is 0 Å². The van der Waals surface area contributed by atoms with Gasteiger partial charge >= 0.3 is 5.97 Å². The number of hydrogen-bond donors (Lipinski definition) is 1. The molecule has 1 heterocycles. The standard InChI is InChI=1S/C25H29NO4/c1-14(2)20-9-7-8-16(4)23(20)26-25(28)18(6)30-22(27)12-19-13-29-24-17(5)15(3)10-11-21(19)24/h7-11,13-14,18H,12H2,1-6H3,(H,26,28)/t18-/m0/s1. The highest BCUT2D eigenvalue weighted by Crippen LogP contribution is 2.28. The summed E-state index contributed by atoms with van der Waals surface area (Å²) in [5, 5.41) is 3.83. The number of nitrogens with one attached hydrogen (secondary N) is 1. The second-order valence-electron chi connectivity index (χ2n) is 8.14. The average molecular weight is 408 g/mol. The lowest BCUT2D eigenvalue weighted by atomic mass is 9.98. The van der Waals surface area contributed by atoms with Crippen LogP contribution in [0.25, 0.3) is 11.0 Å². The van der Waals surface area contributed by atoms with E-state index in [0.29, 0.717) is 0 Å². The summed E-state index contributed by atoms with van der Waals surface area (Å²) in [4.78, 5) is 25.1. The zero-order chi connectivity index (χ0) is 22.0. The van der Waals surface area contributed by atoms with Crippen LogP contribution in [0.3, 0.4) is 0 Å². The van der Waals surface area contributed by atoms with Gasteiger partial charge in [-0.2, -0.15) is 0 Å². The molecule has 0 saturated heterocycles. The molecule has 1 aromatic heterocycles. The molecule has 0 spiro atoms. The molecule has 158 valence electrons. The Labute approximate surface area is 177 Å². The van der Waals surface area contributed by atoms with Crippen molar-refractivity contribution in [3.63, 3.8) is 0 Å². The Hall–Kier alpha value is -3.08. The molecule has 0 aliphatic heterocycles. The first-order valence-electron chi connectivity index (χ1n) is 10.2. The van der Waals surface area contributed by atoms with Crippen LogP contribution in [-0.2, 0) is 20.7 Å². The van der Waals surface area contributed by atoms with Gasteiger partial charge < -0.3 is 14.5 Å². The summed E-state index contributed by atoms with van der Waals surface area (Å²) in [5.41, 5.74) is 6.54. The van der Waals surface area contributed by atoms with Gasteiger partial charge in [0.05, 0.1) is 12.7 Å². The van der Waals surface area contributed by atoms with Gasteiger partial charge in [-0.3, -0.25) is 9.59 Å². The molecule has 3 aromatic rings. The molecule has 30 heavy (non-hydrogen) atoms. The van der Waals surface area contributed by atoms with Crippen LogP contribution < -0.4 is 5.32 Å². The van der Waals surface area contributed by atoms with Crippen LogP contribution in [0.1, 0.15) is 54.5 Å². The number of amides is 1. The van der Waals surface area contributed by atoms with Gasteiger partial charge in [-0.05, 0) is 55.9 Å². The summed E-state index contributed by atoms with van der Waals surface area (Å²) in [6, 6.07) is 9.88. The predicted octanol–water partition coefficient (Wildman–Crippen LogP) is 5.59. The van der Waals surface area contributed by atoms with Crippen LogP contribution >= 0.6 is 0 Å². The van der Waals surface area contributed by atoms with E-state index in [0.717, 1.165) is 44.5 Å². The predicted molar refractivity (Wildman–Crippen MR) is 119 cm³/mol. The van der Waals surface area contributed by atoms with Crippen molar-refractivity contribution in [2.24, 2.45) is 0 Å². The van der Waals surface area contributed by atoms with Crippen molar-refractivity contribution in [3.8, 4) is 0 Å². The minimum Gasteiger partial charge on any atom is -0.464 e. The van der Waals surface area contributed by atoms with Crippen LogP contribution in [-0.4, -0.2) is 18.0 Å². The highest BCUT2D eigenvalue weighted by atomic mass is 16.5. The van der Waals surface area contributed by atoms with Gasteiger partial charge in [0.1, 0.15) is 5.58 Å². The second-order valence-corrected chi connectivity index (χ2v) is 8.14. The Bertz CT molecular complexity index is 1090. The number of esters is 1. The second kappa shape index (κ2) is 8.74. The van der Waals surface area contributed by atoms with Crippen LogP contribution in [0, 0.1) is 20.8 Å². The quantitative estimate of drug-likeness (QED) is 0.541. The Balaban J connectivity index is 1.68. The lowest BCUT2D eigenvalue weighted by Crippen LogP contribution is -2.31. The number of para-hydroxylation sites is 1. The fourth-order valence-corrected chi connectivity index (χ4v) is 3.54. The van der Waals surface area contributed by atoms with E-state index in [1.54, 1.807) is 13.2 Å². The summed E-state index contributed by atoms with van der Waals surface area (Å²) in [5.74, 6) is -0.546. The van der Waals surface area contributed by atoms with Crippen molar-refractivity contribution in [1.29, 1.82) is 0 Å². The number of hydrogen-bond acceptors (Lipinski definition) is 4. The first kappa shape index (κ1) is 21.6. The third-order valence-corrected chi connectivity index (χ3v) is 5.53.